The SMILES string of the molecule is CN(C)C(=O)CN1CCCCC1CNC1CC1. The second kappa shape index (κ2) is 5.83. The van der Waals surface area contributed by atoms with Gasteiger partial charge in [0.2, 0.25) is 5.91 Å². The molecule has 98 valence electrons. The van der Waals surface area contributed by atoms with Gasteiger partial charge in [0.05, 0.1) is 6.54 Å². The number of carbonyl (C=O) groups is 1. The molecule has 1 saturated carbocycles. The van der Waals surface area contributed by atoms with Crippen LogP contribution in [0.15, 0.2) is 0 Å². The molecule has 1 saturated heterocycles. The number of likely N-dealkylation sites (N-methyl/N-ethyl adjacent to an activating group) is 1. The van der Waals surface area contributed by atoms with Crippen LogP contribution in [0.3, 0.4) is 0 Å². The number of hydrogen-bond donors (Lipinski definition) is 1. The van der Waals surface area contributed by atoms with Crippen molar-refractivity contribution in [2.75, 3.05) is 33.7 Å². The van der Waals surface area contributed by atoms with Crippen LogP contribution in [0, 0.1) is 0 Å². The summed E-state index contributed by atoms with van der Waals surface area (Å²) in [4.78, 5) is 15.8. The fourth-order valence-electron chi connectivity index (χ4n) is 2.40. The minimum absolute atomic E-state index is 0.225. The molecular formula is C13H25N3O. The zero-order valence-corrected chi connectivity index (χ0v) is 11.1. The van der Waals surface area contributed by atoms with Crippen molar-refractivity contribution in [3.8, 4) is 0 Å². The maximum absolute atomic E-state index is 11.8. The van der Waals surface area contributed by atoms with Gasteiger partial charge >= 0.3 is 0 Å². The summed E-state index contributed by atoms with van der Waals surface area (Å²) in [5.74, 6) is 0.225. The molecule has 0 aromatic heterocycles. The Balaban J connectivity index is 1.80. The molecule has 0 bridgehead atoms. The van der Waals surface area contributed by atoms with Crippen molar-refractivity contribution < 1.29 is 4.79 Å². The van der Waals surface area contributed by atoms with E-state index >= 15 is 0 Å². The van der Waals surface area contributed by atoms with Gasteiger partial charge in [-0.05, 0) is 32.2 Å². The summed E-state index contributed by atoms with van der Waals surface area (Å²) in [5, 5.41) is 3.59. The number of likely N-dealkylation sites (tertiary alicyclic amines) is 1. The second-order valence-corrected chi connectivity index (χ2v) is 5.59. The normalized spacial score (nSPS) is 25.9. The Hall–Kier alpha value is -0.610. The smallest absolute Gasteiger partial charge is 0.236 e. The lowest BCUT2D eigenvalue weighted by Gasteiger charge is -2.36. The number of amides is 1. The molecule has 4 heteroatoms. The van der Waals surface area contributed by atoms with E-state index in [-0.39, 0.29) is 5.91 Å². The van der Waals surface area contributed by atoms with E-state index in [1.807, 2.05) is 14.1 Å². The first kappa shape index (κ1) is 12.8. The Bertz CT molecular complexity index is 263. The number of hydrogen-bond acceptors (Lipinski definition) is 3. The zero-order valence-electron chi connectivity index (χ0n) is 11.1. The van der Waals surface area contributed by atoms with E-state index in [9.17, 15) is 4.79 Å². The minimum atomic E-state index is 0.225. The molecule has 1 aliphatic carbocycles. The first-order chi connectivity index (χ1) is 8.16. The van der Waals surface area contributed by atoms with Crippen molar-refractivity contribution in [2.24, 2.45) is 0 Å². The van der Waals surface area contributed by atoms with Crippen LogP contribution in [-0.2, 0) is 4.79 Å². The monoisotopic (exact) mass is 239 g/mol. The standard InChI is InChI=1S/C13H25N3O/c1-15(2)13(17)10-16-8-4-3-5-12(16)9-14-11-6-7-11/h11-12,14H,3-10H2,1-2H3. The number of nitrogens with zero attached hydrogens (tertiary/aromatic N) is 2. The number of piperidine rings is 1. The van der Waals surface area contributed by atoms with Crippen molar-refractivity contribution in [3.63, 3.8) is 0 Å². The topological polar surface area (TPSA) is 35.6 Å². The van der Waals surface area contributed by atoms with Crippen LogP contribution in [0.25, 0.3) is 0 Å². The predicted octanol–water partition coefficient (Wildman–Crippen LogP) is 0.681. The molecule has 1 heterocycles. The van der Waals surface area contributed by atoms with Crippen LogP contribution in [0.1, 0.15) is 32.1 Å². The molecule has 1 aliphatic heterocycles. The minimum Gasteiger partial charge on any atom is -0.348 e. The summed E-state index contributed by atoms with van der Waals surface area (Å²) < 4.78 is 0. The Morgan fingerprint density at radius 2 is 2.06 bits per heavy atom. The average Bonchev–Trinajstić information content (AvgIpc) is 3.11. The summed E-state index contributed by atoms with van der Waals surface area (Å²) in [6.45, 7) is 2.73. The highest BCUT2D eigenvalue weighted by Crippen LogP contribution is 2.21. The second-order valence-electron chi connectivity index (χ2n) is 5.59. The van der Waals surface area contributed by atoms with Crippen LogP contribution in [0.5, 0.6) is 0 Å². The summed E-state index contributed by atoms with van der Waals surface area (Å²) in [6, 6.07) is 1.33. The third-order valence-electron chi connectivity index (χ3n) is 3.81. The highest BCUT2D eigenvalue weighted by atomic mass is 16.2. The quantitative estimate of drug-likeness (QED) is 0.766. The van der Waals surface area contributed by atoms with Gasteiger partial charge in [-0.1, -0.05) is 6.42 Å². The average molecular weight is 239 g/mol. The van der Waals surface area contributed by atoms with Crippen LogP contribution in [-0.4, -0.2) is 61.5 Å². The number of nitrogens with one attached hydrogen (secondary N) is 1. The van der Waals surface area contributed by atoms with E-state index in [4.69, 9.17) is 0 Å². The van der Waals surface area contributed by atoms with Gasteiger partial charge in [-0.15, -0.1) is 0 Å². The number of rotatable bonds is 5. The van der Waals surface area contributed by atoms with Gasteiger partial charge in [-0.25, -0.2) is 0 Å². The zero-order chi connectivity index (χ0) is 12.3. The van der Waals surface area contributed by atoms with Gasteiger partial charge in [-0.3, -0.25) is 9.69 Å². The molecule has 17 heavy (non-hydrogen) atoms. The molecule has 0 radical (unpaired) electrons. The van der Waals surface area contributed by atoms with Crippen LogP contribution in [0.4, 0.5) is 0 Å². The van der Waals surface area contributed by atoms with Gasteiger partial charge in [0, 0.05) is 32.7 Å². The molecule has 4 nitrogen and oxygen atoms in total. The highest BCUT2D eigenvalue weighted by Gasteiger charge is 2.27. The lowest BCUT2D eigenvalue weighted by atomic mass is 10.0. The first-order valence-electron chi connectivity index (χ1n) is 6.84. The Labute approximate surface area is 104 Å². The van der Waals surface area contributed by atoms with Crippen LogP contribution in [0.2, 0.25) is 0 Å². The van der Waals surface area contributed by atoms with Crippen molar-refractivity contribution in [2.45, 2.75) is 44.2 Å². The maximum atomic E-state index is 11.8. The third kappa shape index (κ3) is 3.96. The highest BCUT2D eigenvalue weighted by molar-refractivity contribution is 5.77. The lowest BCUT2D eigenvalue weighted by Crippen LogP contribution is -2.49. The van der Waals surface area contributed by atoms with E-state index in [1.54, 1.807) is 4.90 Å². The molecule has 0 aromatic rings. The molecule has 2 aliphatic rings. The summed E-state index contributed by atoms with van der Waals surface area (Å²) in [6.07, 6.45) is 6.46. The molecule has 0 aromatic carbocycles. The summed E-state index contributed by atoms with van der Waals surface area (Å²) >= 11 is 0. The molecule has 1 amide bonds. The maximum Gasteiger partial charge on any atom is 0.236 e. The van der Waals surface area contributed by atoms with E-state index < -0.39 is 0 Å². The Kier molecular flexibility index (Phi) is 4.40. The van der Waals surface area contributed by atoms with Gasteiger partial charge in [0.1, 0.15) is 0 Å². The van der Waals surface area contributed by atoms with Gasteiger partial charge in [0.25, 0.3) is 0 Å². The molecule has 1 atom stereocenters. The predicted molar refractivity (Wildman–Crippen MR) is 68.9 cm³/mol. The van der Waals surface area contributed by atoms with Gasteiger partial charge in [-0.2, -0.15) is 0 Å². The fraction of sp³-hybridized carbons (Fsp3) is 0.923. The van der Waals surface area contributed by atoms with Gasteiger partial charge < -0.3 is 10.2 Å². The first-order valence-corrected chi connectivity index (χ1v) is 6.84. The van der Waals surface area contributed by atoms with Crippen molar-refractivity contribution in [1.82, 2.24) is 15.1 Å². The van der Waals surface area contributed by atoms with Crippen molar-refractivity contribution in [3.05, 3.63) is 0 Å². The van der Waals surface area contributed by atoms with Crippen LogP contribution >= 0.6 is 0 Å². The van der Waals surface area contributed by atoms with Crippen molar-refractivity contribution in [1.29, 1.82) is 0 Å². The Morgan fingerprint density at radius 3 is 2.71 bits per heavy atom. The molecule has 1 unspecified atom stereocenters. The molecule has 2 fully saturated rings. The summed E-state index contributed by atoms with van der Waals surface area (Å²) in [7, 11) is 3.67. The number of carbonyl (C=O) groups excluding carboxylic acids is 1. The Morgan fingerprint density at radius 1 is 1.29 bits per heavy atom. The summed E-state index contributed by atoms with van der Waals surface area (Å²) in [5.41, 5.74) is 0. The largest absolute Gasteiger partial charge is 0.348 e. The van der Waals surface area contributed by atoms with Crippen molar-refractivity contribution >= 4 is 5.91 Å². The molecule has 1 N–H and O–H groups in total. The van der Waals surface area contributed by atoms with E-state index in [2.05, 4.69) is 10.2 Å². The van der Waals surface area contributed by atoms with Crippen LogP contribution < -0.4 is 5.32 Å². The van der Waals surface area contributed by atoms with E-state index in [0.717, 1.165) is 19.1 Å². The fourth-order valence-corrected chi connectivity index (χ4v) is 2.40. The molecule has 2 rings (SSSR count). The molecular weight excluding hydrogens is 214 g/mol. The van der Waals surface area contributed by atoms with Gasteiger partial charge in [0.15, 0.2) is 0 Å². The lowest BCUT2D eigenvalue weighted by molar-refractivity contribution is -0.130. The third-order valence-corrected chi connectivity index (χ3v) is 3.81. The van der Waals surface area contributed by atoms with E-state index in [1.165, 1.54) is 32.1 Å². The van der Waals surface area contributed by atoms with E-state index in [0.29, 0.717) is 12.6 Å². The molecule has 0 spiro atoms.